The Morgan fingerprint density at radius 1 is 0.909 bits per heavy atom. The molecule has 13 nitrogen and oxygen atoms in total. The van der Waals surface area contributed by atoms with Gasteiger partial charge in [0.1, 0.15) is 18.8 Å². The minimum Gasteiger partial charge on any atom is -0.459 e. The average Bonchev–Trinajstić information content (AvgIpc) is 3.25. The van der Waals surface area contributed by atoms with Gasteiger partial charge in [-0.3, -0.25) is 14.7 Å². The molecule has 2 N–H and O–H groups in total. The number of hydrogen-bond acceptors (Lipinski definition) is 11. The molecule has 0 atom stereocenters. The summed E-state index contributed by atoms with van der Waals surface area (Å²) in [6.45, 7) is 16.5. The first-order chi connectivity index (χ1) is 20.3. The number of fused-ring (bicyclic) bond motifs is 1. The number of ether oxygens (including phenoxy) is 2. The number of nitrogens with zero attached hydrogens (tertiary/aromatic N) is 4. The van der Waals surface area contributed by atoms with Gasteiger partial charge in [-0.05, 0) is 74.3 Å². The van der Waals surface area contributed by atoms with Crippen molar-refractivity contribution in [1.29, 1.82) is 0 Å². The number of carbonyl (C=O) groups is 2. The second-order valence-electron chi connectivity index (χ2n) is 13.2. The summed E-state index contributed by atoms with van der Waals surface area (Å²) in [5, 5.41) is 5.74. The Hall–Kier alpha value is -3.54. The maximum Gasteiger partial charge on any atom is 0.413 e. The van der Waals surface area contributed by atoms with Gasteiger partial charge in [0.25, 0.3) is 0 Å². The van der Waals surface area contributed by atoms with Gasteiger partial charge in [0.2, 0.25) is 5.95 Å². The molecule has 2 aromatic heterocycles. The zero-order valence-electron chi connectivity index (χ0n) is 27.1. The maximum absolute atomic E-state index is 13.6. The minimum absolute atomic E-state index is 0.0981. The summed E-state index contributed by atoms with van der Waals surface area (Å²) in [4.78, 5) is 38.6. The quantitative estimate of drug-likeness (QED) is 0.127. The number of nitrogens with one attached hydrogen (secondary N) is 2. The molecule has 0 saturated carbocycles. The molecule has 0 unspecified atom stereocenters. The molecule has 0 bridgehead atoms. The highest BCUT2D eigenvalue weighted by Crippen LogP contribution is 2.54. The van der Waals surface area contributed by atoms with E-state index in [1.54, 1.807) is 20.8 Å². The predicted molar refractivity (Wildman–Crippen MR) is 169 cm³/mol. The van der Waals surface area contributed by atoms with Crippen LogP contribution in [0.25, 0.3) is 11.2 Å². The van der Waals surface area contributed by atoms with Crippen LogP contribution in [0.2, 0.25) is 0 Å². The number of rotatable bonds is 12. The van der Waals surface area contributed by atoms with E-state index in [4.69, 9.17) is 18.5 Å². The number of esters is 1. The van der Waals surface area contributed by atoms with E-state index in [-0.39, 0.29) is 36.6 Å². The molecule has 0 aliphatic heterocycles. The molecular weight excluding hydrogens is 587 g/mol. The van der Waals surface area contributed by atoms with Crippen molar-refractivity contribution < 1.29 is 32.7 Å². The third-order valence-electron chi connectivity index (χ3n) is 5.34. The Balaban J connectivity index is 1.79. The molecular formula is C30H45N6O7P. The summed E-state index contributed by atoms with van der Waals surface area (Å²) >= 11 is 0. The fourth-order valence-electron chi connectivity index (χ4n) is 3.97. The Kier molecular flexibility index (Phi) is 11.2. The van der Waals surface area contributed by atoms with Crippen LogP contribution in [0.15, 0.2) is 36.7 Å². The molecule has 44 heavy (non-hydrogen) atoms. The van der Waals surface area contributed by atoms with Crippen molar-refractivity contribution in [1.82, 2.24) is 19.5 Å². The van der Waals surface area contributed by atoms with Gasteiger partial charge in [-0.1, -0.05) is 30.3 Å². The number of benzene rings is 1. The van der Waals surface area contributed by atoms with Crippen molar-refractivity contribution in [3.63, 3.8) is 0 Å². The maximum atomic E-state index is 13.6. The van der Waals surface area contributed by atoms with E-state index in [1.807, 2.05) is 71.9 Å². The molecule has 1 aromatic carbocycles. The number of carbonyl (C=O) groups excluding carboxylic acids is 2. The zero-order valence-corrected chi connectivity index (χ0v) is 28.0. The van der Waals surface area contributed by atoms with Crippen molar-refractivity contribution >= 4 is 42.6 Å². The van der Waals surface area contributed by atoms with Gasteiger partial charge in [0.05, 0.1) is 23.7 Å². The SMILES string of the molecule is CC(C)(C)OC(=O)Nc1nc(NCCCP(=O)(OC(C)(C)C)OC(C)(C)C)nc2c1ncn2CC(=O)OCc1ccccc1. The summed E-state index contributed by atoms with van der Waals surface area (Å²) in [7, 11) is -3.43. The second-order valence-corrected chi connectivity index (χ2v) is 15.3. The smallest absolute Gasteiger partial charge is 0.413 e. The van der Waals surface area contributed by atoms with E-state index in [0.29, 0.717) is 18.6 Å². The highest BCUT2D eigenvalue weighted by molar-refractivity contribution is 7.53. The molecule has 0 aliphatic carbocycles. The fourth-order valence-corrected chi connectivity index (χ4v) is 6.40. The Morgan fingerprint density at radius 2 is 1.55 bits per heavy atom. The van der Waals surface area contributed by atoms with Crippen LogP contribution in [-0.2, 0) is 41.0 Å². The first-order valence-corrected chi connectivity index (χ1v) is 16.2. The van der Waals surface area contributed by atoms with Gasteiger partial charge in [0.15, 0.2) is 17.0 Å². The molecule has 14 heteroatoms. The molecule has 0 saturated heterocycles. The average molecular weight is 633 g/mol. The van der Waals surface area contributed by atoms with E-state index in [9.17, 15) is 14.2 Å². The monoisotopic (exact) mass is 632 g/mol. The lowest BCUT2D eigenvalue weighted by atomic mass is 10.2. The normalized spacial score (nSPS) is 12.7. The first-order valence-electron chi connectivity index (χ1n) is 14.5. The van der Waals surface area contributed by atoms with E-state index in [2.05, 4.69) is 25.6 Å². The van der Waals surface area contributed by atoms with Gasteiger partial charge in [-0.25, -0.2) is 9.78 Å². The van der Waals surface area contributed by atoms with Crippen molar-refractivity contribution in [2.24, 2.45) is 0 Å². The molecule has 0 spiro atoms. The molecule has 0 aliphatic rings. The zero-order chi connectivity index (χ0) is 32.8. The first kappa shape index (κ1) is 34.9. The van der Waals surface area contributed by atoms with Crippen molar-refractivity contribution in [3.05, 3.63) is 42.2 Å². The Labute approximate surface area is 259 Å². The number of hydrogen-bond donors (Lipinski definition) is 2. The highest BCUT2D eigenvalue weighted by Gasteiger charge is 2.34. The summed E-state index contributed by atoms with van der Waals surface area (Å²) in [6, 6.07) is 9.34. The van der Waals surface area contributed by atoms with Crippen molar-refractivity contribution in [3.8, 4) is 0 Å². The number of imidazole rings is 1. The van der Waals surface area contributed by atoms with E-state index in [0.717, 1.165) is 5.56 Å². The van der Waals surface area contributed by atoms with Crippen LogP contribution >= 0.6 is 7.60 Å². The lowest BCUT2D eigenvalue weighted by molar-refractivity contribution is -0.145. The van der Waals surface area contributed by atoms with Crippen LogP contribution in [0.5, 0.6) is 0 Å². The van der Waals surface area contributed by atoms with Crippen LogP contribution < -0.4 is 10.6 Å². The van der Waals surface area contributed by atoms with E-state index >= 15 is 0 Å². The summed E-state index contributed by atoms with van der Waals surface area (Å²) in [5.74, 6) is -0.233. The van der Waals surface area contributed by atoms with Crippen LogP contribution in [0.4, 0.5) is 16.6 Å². The predicted octanol–water partition coefficient (Wildman–Crippen LogP) is 6.54. The standard InChI is InChI=1S/C30H45N6O7P/c1-28(2,3)41-27(38)34-24-23-25(36(20-32-23)18-22(37)40-19-21-14-11-10-12-15-21)35-26(33-24)31-16-13-17-44(39,42-29(4,5)6)43-30(7,8)9/h10-12,14-15,20H,13,16-19H2,1-9H3,(H2,31,33,34,35,38). The van der Waals surface area contributed by atoms with Crippen LogP contribution in [0.1, 0.15) is 74.3 Å². The molecule has 2 heterocycles. The van der Waals surface area contributed by atoms with Crippen LogP contribution in [0.3, 0.4) is 0 Å². The summed E-state index contributed by atoms with van der Waals surface area (Å²) in [5.41, 5.74) is -0.644. The Bertz CT molecular complexity index is 1450. The lowest BCUT2D eigenvalue weighted by Gasteiger charge is -2.32. The van der Waals surface area contributed by atoms with Crippen LogP contribution in [0, 0.1) is 0 Å². The fraction of sp³-hybridized carbons (Fsp3) is 0.567. The Morgan fingerprint density at radius 3 is 2.14 bits per heavy atom. The third kappa shape index (κ3) is 11.9. The van der Waals surface area contributed by atoms with Gasteiger partial charge >= 0.3 is 19.7 Å². The number of anilines is 2. The molecule has 0 fully saturated rings. The largest absolute Gasteiger partial charge is 0.459 e. The lowest BCUT2D eigenvalue weighted by Crippen LogP contribution is -2.27. The molecule has 1 amide bonds. The minimum atomic E-state index is -3.43. The topological polar surface area (TPSA) is 156 Å². The van der Waals surface area contributed by atoms with E-state index < -0.39 is 36.5 Å². The number of aromatic nitrogens is 4. The van der Waals surface area contributed by atoms with Crippen molar-refractivity contribution in [2.75, 3.05) is 23.3 Å². The molecule has 3 aromatic rings. The molecule has 3 rings (SSSR count). The second kappa shape index (κ2) is 14.0. The van der Waals surface area contributed by atoms with Gasteiger partial charge in [-0.15, -0.1) is 0 Å². The highest BCUT2D eigenvalue weighted by atomic mass is 31.2. The van der Waals surface area contributed by atoms with Crippen molar-refractivity contribution in [2.45, 2.75) is 98.7 Å². The summed E-state index contributed by atoms with van der Waals surface area (Å²) < 4.78 is 37.6. The summed E-state index contributed by atoms with van der Waals surface area (Å²) in [6.07, 6.45) is 1.27. The van der Waals surface area contributed by atoms with Gasteiger partial charge < -0.3 is 28.4 Å². The molecule has 242 valence electrons. The van der Waals surface area contributed by atoms with E-state index in [1.165, 1.54) is 10.9 Å². The van der Waals surface area contributed by atoms with Crippen LogP contribution in [-0.4, -0.2) is 61.1 Å². The molecule has 0 radical (unpaired) electrons. The van der Waals surface area contributed by atoms with Gasteiger partial charge in [0, 0.05) is 6.54 Å². The van der Waals surface area contributed by atoms with Gasteiger partial charge in [-0.2, -0.15) is 9.97 Å². The third-order valence-corrected chi connectivity index (χ3v) is 7.86. The number of amides is 1.